The summed E-state index contributed by atoms with van der Waals surface area (Å²) in [6.07, 6.45) is 8.34. The summed E-state index contributed by atoms with van der Waals surface area (Å²) in [5.41, 5.74) is 28.5. The van der Waals surface area contributed by atoms with Crippen LogP contribution in [0.15, 0.2) is 97.1 Å². The van der Waals surface area contributed by atoms with Crippen LogP contribution in [0.3, 0.4) is 0 Å². The van der Waals surface area contributed by atoms with Crippen molar-refractivity contribution in [2.45, 2.75) is 41.5 Å². The molecule has 3 aliphatic heterocycles. The predicted molar refractivity (Wildman–Crippen MR) is 331 cm³/mol. The SMILES string of the molecule is Cc1cc(C)c(-c2c3nc(c(-c4ccc(NC(=O)CN5CCN(CC(=O)O)CCN(CC(=O)O)CCN(CC(=O)O)CC5)cc4)c4ccc([nH]4)c(-c4c(C)cc(C)cc4C)c4nc(c(-c5ccc(N)cc5)c5ccc2[nH]5)C=C4)C=C3)c(C)c1. The van der Waals surface area contributed by atoms with Gasteiger partial charge in [0.15, 0.2) is 0 Å². The highest BCUT2D eigenvalue weighted by molar-refractivity contribution is 6.01. The van der Waals surface area contributed by atoms with Gasteiger partial charge >= 0.3 is 17.9 Å². The van der Waals surface area contributed by atoms with Crippen molar-refractivity contribution in [1.82, 2.24) is 39.5 Å². The number of aryl methyl sites for hydroxylation is 6. The molecule has 0 spiro atoms. The number of H-pyrrole nitrogens is 2. The second kappa shape index (κ2) is 24.6. The zero-order valence-electron chi connectivity index (χ0n) is 47.8. The molecule has 1 fully saturated rings. The molecule has 6 heterocycles. The number of nitrogens with two attached hydrogens (primary N) is 1. The number of nitrogens with zero attached hydrogens (tertiary/aromatic N) is 6. The Hall–Kier alpha value is -9.00. The van der Waals surface area contributed by atoms with Crippen molar-refractivity contribution in [2.24, 2.45) is 0 Å². The van der Waals surface area contributed by atoms with Gasteiger partial charge in [-0.25, -0.2) is 9.97 Å². The number of rotatable bonds is 13. The number of carboxylic acids is 3. The molecule has 3 aliphatic rings. The van der Waals surface area contributed by atoms with E-state index in [-0.39, 0.29) is 71.4 Å². The minimum atomic E-state index is -1.03. The average molecular weight is 1120 g/mol. The van der Waals surface area contributed by atoms with Crippen molar-refractivity contribution < 1.29 is 34.5 Å². The van der Waals surface area contributed by atoms with Gasteiger partial charge in [0.1, 0.15) is 0 Å². The molecule has 0 aliphatic carbocycles. The van der Waals surface area contributed by atoms with Crippen LogP contribution in [-0.2, 0) is 19.2 Å². The molecule has 8 bridgehead atoms. The molecule has 8 N–H and O–H groups in total. The highest BCUT2D eigenvalue weighted by Gasteiger charge is 2.24. The molecule has 0 radical (unpaired) electrons. The number of aromatic nitrogens is 4. The number of nitrogens with one attached hydrogen (secondary N) is 3. The fraction of sp³-hybridized carbons (Fsp3) is 0.273. The number of benzene rings is 4. The molecule has 10 rings (SSSR count). The average Bonchev–Trinajstić information content (AvgIpc) is 3.22. The molecule has 3 aromatic heterocycles. The van der Waals surface area contributed by atoms with E-state index in [9.17, 15) is 34.5 Å². The number of anilines is 2. The molecule has 0 atom stereocenters. The molecule has 0 unspecified atom stereocenters. The predicted octanol–water partition coefficient (Wildman–Crippen LogP) is 10.2. The van der Waals surface area contributed by atoms with Crippen molar-refractivity contribution in [3.05, 3.63) is 153 Å². The normalized spacial score (nSPS) is 14.8. The van der Waals surface area contributed by atoms with E-state index in [2.05, 4.69) is 130 Å². The molecular weight excluding hydrogens is 1040 g/mol. The zero-order valence-corrected chi connectivity index (χ0v) is 47.8. The van der Waals surface area contributed by atoms with Gasteiger partial charge in [0.25, 0.3) is 0 Å². The molecule has 4 aromatic carbocycles. The van der Waals surface area contributed by atoms with Gasteiger partial charge in [0.2, 0.25) is 5.91 Å². The third-order valence-corrected chi connectivity index (χ3v) is 15.6. The maximum atomic E-state index is 14.0. The van der Waals surface area contributed by atoms with Crippen LogP contribution in [0.25, 0.3) is 90.9 Å². The highest BCUT2D eigenvalue weighted by Crippen LogP contribution is 2.41. The van der Waals surface area contributed by atoms with E-state index < -0.39 is 17.9 Å². The van der Waals surface area contributed by atoms with E-state index in [1.54, 1.807) is 14.7 Å². The van der Waals surface area contributed by atoms with E-state index in [0.29, 0.717) is 24.5 Å². The van der Waals surface area contributed by atoms with E-state index in [4.69, 9.17) is 15.7 Å². The van der Waals surface area contributed by atoms with Crippen LogP contribution in [0.2, 0.25) is 0 Å². The Balaban J connectivity index is 1.09. The molecule has 17 heteroatoms. The molecule has 1 saturated heterocycles. The van der Waals surface area contributed by atoms with Gasteiger partial charge in [-0.1, -0.05) is 59.7 Å². The lowest BCUT2D eigenvalue weighted by Crippen LogP contribution is -2.49. The Kier molecular flexibility index (Phi) is 17.0. The summed E-state index contributed by atoms with van der Waals surface area (Å²) in [7, 11) is 0. The van der Waals surface area contributed by atoms with Crippen molar-refractivity contribution in [2.75, 3.05) is 89.6 Å². The van der Waals surface area contributed by atoms with Gasteiger partial charge in [-0.2, -0.15) is 0 Å². The van der Waals surface area contributed by atoms with Crippen molar-refractivity contribution in [1.29, 1.82) is 0 Å². The van der Waals surface area contributed by atoms with Crippen LogP contribution in [-0.4, -0.2) is 157 Å². The van der Waals surface area contributed by atoms with Crippen LogP contribution in [0.4, 0.5) is 11.4 Å². The summed E-state index contributed by atoms with van der Waals surface area (Å²) in [4.78, 5) is 75.4. The fourth-order valence-corrected chi connectivity index (χ4v) is 12.0. The smallest absolute Gasteiger partial charge is 0.317 e. The highest BCUT2D eigenvalue weighted by atomic mass is 16.4. The van der Waals surface area contributed by atoms with Gasteiger partial charge in [-0.05, 0) is 159 Å². The Morgan fingerprint density at radius 1 is 0.434 bits per heavy atom. The van der Waals surface area contributed by atoms with E-state index in [1.807, 2.05) is 53.4 Å². The number of carbonyl (C=O) groups is 4. The number of carboxylic acid groups (broad SMARTS) is 3. The van der Waals surface area contributed by atoms with Gasteiger partial charge in [0, 0.05) is 108 Å². The topological polar surface area (TPSA) is 237 Å². The third-order valence-electron chi connectivity index (χ3n) is 15.6. The minimum Gasteiger partial charge on any atom is -0.480 e. The lowest BCUT2D eigenvalue weighted by atomic mass is 9.92. The number of aromatic amines is 2. The number of amides is 1. The molecular formula is C66H70N10O7. The van der Waals surface area contributed by atoms with Crippen LogP contribution in [0, 0.1) is 41.5 Å². The molecule has 83 heavy (non-hydrogen) atoms. The number of carbonyl (C=O) groups excluding carboxylic acids is 1. The molecule has 7 aromatic rings. The van der Waals surface area contributed by atoms with E-state index in [1.165, 1.54) is 11.1 Å². The first-order valence-electron chi connectivity index (χ1n) is 28.0. The van der Waals surface area contributed by atoms with Crippen LogP contribution in [0.5, 0.6) is 0 Å². The summed E-state index contributed by atoms with van der Waals surface area (Å²) in [6.45, 7) is 14.3. The number of nitrogen functional groups attached to an aromatic ring is 1. The largest absolute Gasteiger partial charge is 0.480 e. The quantitative estimate of drug-likeness (QED) is 0.0532. The fourth-order valence-electron chi connectivity index (χ4n) is 12.0. The van der Waals surface area contributed by atoms with Crippen molar-refractivity contribution >= 4 is 81.6 Å². The Morgan fingerprint density at radius 3 is 1.07 bits per heavy atom. The number of hydrogen-bond donors (Lipinski definition) is 7. The molecule has 17 nitrogen and oxygen atoms in total. The number of hydrogen-bond acceptors (Lipinski definition) is 11. The minimum absolute atomic E-state index is 0.0438. The Bertz CT molecular complexity index is 3780. The first-order valence-corrected chi connectivity index (χ1v) is 28.0. The van der Waals surface area contributed by atoms with Gasteiger partial charge in [0.05, 0.1) is 49.0 Å². The summed E-state index contributed by atoms with van der Waals surface area (Å²) in [5.74, 6) is -3.37. The standard InChI is InChI=1S/C66H70N10O7/c1-39-31-41(3)61(42(4)32-39)65-53-19-15-49(69-53)63(45-7-11-47(67)12-8-45)50-16-20-54(70-50)66(62-43(5)33-40(2)34-44(62)6)56-22-18-52(72-56)64(51-17-21-55(65)71-51)46-9-13-48(14-10-46)68-57(77)35-73-23-25-74(36-58(78)79)27-29-76(38-60(82)83)30-28-75(26-24-73)37-59(80)81/h7-22,31-34,69,72H,23-30,35-38,67H2,1-6H3,(H,68,77)(H,78,79)(H,80,81)(H,82,83). The monoisotopic (exact) mass is 1110 g/mol. The maximum Gasteiger partial charge on any atom is 0.317 e. The summed E-state index contributed by atoms with van der Waals surface area (Å²) >= 11 is 0. The van der Waals surface area contributed by atoms with Crippen LogP contribution >= 0.6 is 0 Å². The van der Waals surface area contributed by atoms with E-state index in [0.717, 1.165) is 112 Å². The second-order valence-electron chi connectivity index (χ2n) is 22.1. The summed E-state index contributed by atoms with van der Waals surface area (Å²) < 4.78 is 0. The summed E-state index contributed by atoms with van der Waals surface area (Å²) in [5, 5.41) is 32.1. The van der Waals surface area contributed by atoms with Crippen LogP contribution in [0.1, 0.15) is 56.2 Å². The third kappa shape index (κ3) is 13.2. The maximum absolute atomic E-state index is 14.0. The Morgan fingerprint density at radius 2 is 0.735 bits per heavy atom. The summed E-state index contributed by atoms with van der Waals surface area (Å²) in [6, 6.07) is 32.9. The molecule has 0 saturated carbocycles. The Labute approximate surface area is 482 Å². The zero-order chi connectivity index (χ0) is 58.6. The van der Waals surface area contributed by atoms with Gasteiger partial charge in [-0.15, -0.1) is 0 Å². The van der Waals surface area contributed by atoms with E-state index >= 15 is 0 Å². The lowest BCUT2D eigenvalue weighted by molar-refractivity contribution is -0.140. The molecule has 1 amide bonds. The first kappa shape index (κ1) is 57.2. The van der Waals surface area contributed by atoms with Crippen molar-refractivity contribution in [3.8, 4) is 44.5 Å². The molecule has 426 valence electrons. The van der Waals surface area contributed by atoms with Crippen LogP contribution < -0.4 is 11.1 Å². The number of aliphatic carboxylic acids is 3. The number of fused-ring (bicyclic) bond motifs is 8. The first-order chi connectivity index (χ1) is 39.8. The van der Waals surface area contributed by atoms with Gasteiger partial charge in [-0.3, -0.25) is 38.8 Å². The van der Waals surface area contributed by atoms with Gasteiger partial charge < -0.3 is 36.3 Å². The second-order valence-corrected chi connectivity index (χ2v) is 22.1. The van der Waals surface area contributed by atoms with Crippen molar-refractivity contribution in [3.63, 3.8) is 0 Å². The lowest BCUT2D eigenvalue weighted by Gasteiger charge is -2.32.